The molecule has 2 N–H and O–H groups in total. The lowest BCUT2D eigenvalue weighted by Crippen LogP contribution is -3.00. The standard InChI is InChI=1S/C20H22ClN3O.BrH/c1-20(2,3)18(25)13-24-17-11-7-6-10-16(17)23(19(24)22)12-14-8-4-5-9-15(14)21;/h4-11,22H,12-13H2,1-3H3;1H. The summed E-state index contributed by atoms with van der Waals surface area (Å²) < 4.78 is 3.90. The third-order valence-electron chi connectivity index (χ3n) is 4.44. The number of aromatic nitrogens is 2. The fourth-order valence-corrected chi connectivity index (χ4v) is 3.02. The van der Waals surface area contributed by atoms with Crippen molar-refractivity contribution >= 4 is 34.4 Å². The van der Waals surface area contributed by atoms with Gasteiger partial charge in [-0.2, -0.15) is 0 Å². The molecule has 1 heterocycles. The maximum Gasteiger partial charge on any atom is 0.356 e. The molecule has 0 saturated heterocycles. The van der Waals surface area contributed by atoms with Crippen molar-refractivity contribution in [3.63, 3.8) is 0 Å². The molecule has 0 aliphatic carbocycles. The van der Waals surface area contributed by atoms with Gasteiger partial charge in [-0.15, -0.1) is 0 Å². The first-order valence-electron chi connectivity index (χ1n) is 8.32. The molecular formula is C20H23BrClN3O. The zero-order valence-corrected chi connectivity index (χ0v) is 17.5. The van der Waals surface area contributed by atoms with Gasteiger partial charge in [-0.25, -0.2) is 9.13 Å². The van der Waals surface area contributed by atoms with E-state index in [1.165, 1.54) is 0 Å². The van der Waals surface area contributed by atoms with E-state index in [2.05, 4.69) is 0 Å². The number of carbonyl (C=O) groups is 1. The average molecular weight is 437 g/mol. The first-order chi connectivity index (χ1) is 11.8. The van der Waals surface area contributed by atoms with Crippen molar-refractivity contribution in [3.05, 3.63) is 59.1 Å². The molecule has 3 rings (SSSR count). The summed E-state index contributed by atoms with van der Waals surface area (Å²) in [4.78, 5) is 12.5. The summed E-state index contributed by atoms with van der Waals surface area (Å²) in [6.45, 7) is 6.59. The molecule has 26 heavy (non-hydrogen) atoms. The molecule has 0 saturated carbocycles. The lowest BCUT2D eigenvalue weighted by Gasteiger charge is -2.15. The maximum atomic E-state index is 12.5. The van der Waals surface area contributed by atoms with E-state index in [4.69, 9.17) is 17.3 Å². The van der Waals surface area contributed by atoms with E-state index in [9.17, 15) is 4.79 Å². The first-order valence-corrected chi connectivity index (χ1v) is 8.70. The van der Waals surface area contributed by atoms with Crippen LogP contribution < -0.4 is 27.3 Å². The Morgan fingerprint density at radius 1 is 1.12 bits per heavy atom. The van der Waals surface area contributed by atoms with Crippen LogP contribution in [-0.2, 0) is 17.9 Å². The minimum atomic E-state index is -0.411. The smallest absolute Gasteiger partial charge is 0.356 e. The lowest BCUT2D eigenvalue weighted by atomic mass is 9.91. The van der Waals surface area contributed by atoms with E-state index >= 15 is 0 Å². The van der Waals surface area contributed by atoms with E-state index in [0.29, 0.717) is 17.5 Å². The van der Waals surface area contributed by atoms with Crippen molar-refractivity contribution in [1.82, 2.24) is 4.57 Å². The number of ketones is 1. The van der Waals surface area contributed by atoms with Gasteiger partial charge in [0, 0.05) is 16.0 Å². The fraction of sp³-hybridized carbons (Fsp3) is 0.300. The van der Waals surface area contributed by atoms with Crippen LogP contribution >= 0.6 is 11.6 Å². The third-order valence-corrected chi connectivity index (χ3v) is 4.81. The highest BCUT2D eigenvalue weighted by Crippen LogP contribution is 2.22. The van der Waals surface area contributed by atoms with Crippen LogP contribution in [0.1, 0.15) is 26.3 Å². The van der Waals surface area contributed by atoms with Crippen LogP contribution in [0.2, 0.25) is 5.02 Å². The Labute approximate surface area is 169 Å². The highest BCUT2D eigenvalue weighted by atomic mass is 79.9. The minimum absolute atomic E-state index is 0. The Bertz CT molecular complexity index is 944. The number of anilines is 1. The molecule has 138 valence electrons. The predicted octanol–water partition coefficient (Wildman–Crippen LogP) is 0.832. The molecule has 1 aromatic heterocycles. The van der Waals surface area contributed by atoms with Gasteiger partial charge < -0.3 is 17.0 Å². The molecular weight excluding hydrogens is 414 g/mol. The molecule has 0 bridgehead atoms. The number of halogens is 2. The summed E-state index contributed by atoms with van der Waals surface area (Å²) in [5, 5.41) is 0.706. The predicted molar refractivity (Wildman–Crippen MR) is 102 cm³/mol. The van der Waals surface area contributed by atoms with Gasteiger partial charge in [-0.1, -0.05) is 62.7 Å². The van der Waals surface area contributed by atoms with Crippen LogP contribution in [0.5, 0.6) is 0 Å². The number of para-hydroxylation sites is 2. The van der Waals surface area contributed by atoms with Crippen molar-refractivity contribution in [1.29, 1.82) is 0 Å². The molecule has 0 amide bonds. The van der Waals surface area contributed by atoms with Gasteiger partial charge in [0.05, 0.1) is 6.54 Å². The molecule has 0 spiro atoms. The van der Waals surface area contributed by atoms with E-state index in [-0.39, 0.29) is 29.3 Å². The monoisotopic (exact) mass is 435 g/mol. The molecule has 0 fully saturated rings. The minimum Gasteiger partial charge on any atom is -1.00 e. The molecule has 0 radical (unpaired) electrons. The molecule has 0 aliphatic heterocycles. The van der Waals surface area contributed by atoms with E-state index in [1.807, 2.05) is 78.4 Å². The summed E-state index contributed by atoms with van der Waals surface area (Å²) in [6.07, 6.45) is 0. The molecule has 0 aliphatic rings. The summed E-state index contributed by atoms with van der Waals surface area (Å²) >= 11 is 6.31. The lowest BCUT2D eigenvalue weighted by molar-refractivity contribution is -0.648. The van der Waals surface area contributed by atoms with Gasteiger partial charge in [-0.05, 0) is 18.2 Å². The second kappa shape index (κ2) is 7.80. The Balaban J connectivity index is 0.00000243. The van der Waals surface area contributed by atoms with E-state index in [1.54, 1.807) is 0 Å². The Morgan fingerprint density at radius 3 is 2.38 bits per heavy atom. The first kappa shape index (κ1) is 20.5. The Hall–Kier alpha value is -1.85. The highest BCUT2D eigenvalue weighted by Gasteiger charge is 2.28. The number of nitrogens with zero attached hydrogens (tertiary/aromatic N) is 2. The van der Waals surface area contributed by atoms with Crippen LogP contribution in [-0.4, -0.2) is 10.4 Å². The van der Waals surface area contributed by atoms with Crippen molar-refractivity contribution in [2.75, 3.05) is 5.73 Å². The summed E-state index contributed by atoms with van der Waals surface area (Å²) in [7, 11) is 0. The van der Waals surface area contributed by atoms with Crippen molar-refractivity contribution in [2.24, 2.45) is 5.41 Å². The van der Waals surface area contributed by atoms with Crippen molar-refractivity contribution < 1.29 is 26.3 Å². The largest absolute Gasteiger partial charge is 1.00 e. The van der Waals surface area contributed by atoms with Crippen LogP contribution in [0.15, 0.2) is 48.5 Å². The van der Waals surface area contributed by atoms with E-state index in [0.717, 1.165) is 16.6 Å². The van der Waals surface area contributed by atoms with Crippen molar-refractivity contribution in [3.8, 4) is 0 Å². The highest BCUT2D eigenvalue weighted by molar-refractivity contribution is 6.31. The van der Waals surface area contributed by atoms with Crippen LogP contribution in [0.4, 0.5) is 5.95 Å². The fourth-order valence-electron chi connectivity index (χ4n) is 2.82. The topological polar surface area (TPSA) is 51.9 Å². The number of imidazole rings is 1. The quantitative estimate of drug-likeness (QED) is 0.616. The number of Topliss-reactive ketones (excluding diaryl/α,β-unsaturated/α-hetero) is 1. The van der Waals surface area contributed by atoms with Gasteiger partial charge in [0.15, 0.2) is 5.78 Å². The second-order valence-electron chi connectivity index (χ2n) is 7.28. The van der Waals surface area contributed by atoms with Gasteiger partial charge in [0.2, 0.25) is 0 Å². The number of hydrogen-bond donors (Lipinski definition) is 1. The molecule has 6 heteroatoms. The zero-order valence-electron chi connectivity index (χ0n) is 15.2. The van der Waals surface area contributed by atoms with Gasteiger partial charge >= 0.3 is 5.95 Å². The Morgan fingerprint density at radius 2 is 1.73 bits per heavy atom. The zero-order chi connectivity index (χ0) is 18.2. The SMILES string of the molecule is CC(C)(C)C(=O)Cn1c(N)[n+](Cc2ccccc2Cl)c2ccccc21.[Br-]. The number of benzene rings is 2. The maximum absolute atomic E-state index is 12.5. The van der Waals surface area contributed by atoms with Crippen molar-refractivity contribution in [2.45, 2.75) is 33.9 Å². The van der Waals surface area contributed by atoms with Gasteiger partial charge in [0.1, 0.15) is 17.6 Å². The summed E-state index contributed by atoms with van der Waals surface area (Å²) in [5.41, 5.74) is 8.95. The number of nitrogens with two attached hydrogens (primary N) is 1. The molecule has 0 atom stereocenters. The van der Waals surface area contributed by atoms with Crippen LogP contribution in [0.25, 0.3) is 11.0 Å². The van der Waals surface area contributed by atoms with E-state index < -0.39 is 5.41 Å². The number of hydrogen-bond acceptors (Lipinski definition) is 2. The van der Waals surface area contributed by atoms with Gasteiger partial charge in [0.25, 0.3) is 0 Å². The van der Waals surface area contributed by atoms with Crippen LogP contribution in [0.3, 0.4) is 0 Å². The van der Waals surface area contributed by atoms with Gasteiger partial charge in [-0.3, -0.25) is 10.5 Å². The average Bonchev–Trinajstić information content (AvgIpc) is 2.82. The van der Waals surface area contributed by atoms with Crippen LogP contribution in [0, 0.1) is 5.41 Å². The summed E-state index contributed by atoms with van der Waals surface area (Å²) in [5.74, 6) is 0.698. The molecule has 2 aromatic carbocycles. The third kappa shape index (κ3) is 3.94. The number of fused-ring (bicyclic) bond motifs is 1. The molecule has 4 nitrogen and oxygen atoms in total. The molecule has 3 aromatic rings. The molecule has 0 unspecified atom stereocenters. The second-order valence-corrected chi connectivity index (χ2v) is 7.69. The Kier molecular flexibility index (Phi) is 6.14. The number of rotatable bonds is 4. The number of nitrogen functional groups attached to an aromatic ring is 1. The number of carbonyl (C=O) groups excluding carboxylic acids is 1. The summed E-state index contributed by atoms with van der Waals surface area (Å²) in [6, 6.07) is 15.7. The normalized spacial score (nSPS) is 11.4.